The lowest BCUT2D eigenvalue weighted by Crippen LogP contribution is -2.12. The number of nitro groups is 1. The predicted octanol–water partition coefficient (Wildman–Crippen LogP) is 3.38. The number of aryl methyl sites for hydroxylation is 1. The molecule has 3 rings (SSSR count). The third-order valence-electron chi connectivity index (χ3n) is 3.70. The van der Waals surface area contributed by atoms with Crippen LogP contribution < -0.4 is 10.2 Å². The van der Waals surface area contributed by atoms with E-state index in [4.69, 9.17) is 4.74 Å². The Morgan fingerprint density at radius 3 is 2.67 bits per heavy atom. The Morgan fingerprint density at radius 2 is 1.88 bits per heavy atom. The zero-order valence-corrected chi connectivity index (χ0v) is 12.9. The van der Waals surface area contributed by atoms with E-state index in [9.17, 15) is 14.9 Å². The highest BCUT2D eigenvalue weighted by molar-refractivity contribution is 5.83. The summed E-state index contributed by atoms with van der Waals surface area (Å²) in [6, 6.07) is 15.2. The Bertz CT molecular complexity index is 933. The number of benzene rings is 2. The number of ether oxygens (including phenoxy) is 1. The minimum atomic E-state index is -0.662. The molecule has 0 atom stereocenters. The van der Waals surface area contributed by atoms with Crippen LogP contribution in [0.4, 0.5) is 5.69 Å². The fourth-order valence-electron chi connectivity index (χ4n) is 2.48. The van der Waals surface area contributed by atoms with Gasteiger partial charge in [-0.1, -0.05) is 30.3 Å². The molecule has 6 heteroatoms. The summed E-state index contributed by atoms with van der Waals surface area (Å²) in [6.07, 6.45) is 3.48. The molecule has 0 fully saturated rings. The van der Waals surface area contributed by atoms with Gasteiger partial charge in [-0.25, -0.2) is 0 Å². The second-order valence-electron chi connectivity index (χ2n) is 5.40. The second-order valence-corrected chi connectivity index (χ2v) is 5.40. The Kier molecular flexibility index (Phi) is 4.56. The van der Waals surface area contributed by atoms with Gasteiger partial charge in [0.15, 0.2) is 0 Å². The van der Waals surface area contributed by atoms with Crippen molar-refractivity contribution in [3.05, 3.63) is 81.3 Å². The van der Waals surface area contributed by atoms with Crippen LogP contribution in [0, 0.1) is 10.1 Å². The molecule has 1 heterocycles. The first kappa shape index (κ1) is 15.7. The zero-order chi connectivity index (χ0) is 16.9. The second kappa shape index (κ2) is 6.95. The molecule has 0 bridgehead atoms. The van der Waals surface area contributed by atoms with Crippen molar-refractivity contribution in [2.45, 2.75) is 13.0 Å². The molecule has 122 valence electrons. The van der Waals surface area contributed by atoms with Crippen LogP contribution in [0.2, 0.25) is 0 Å². The molecule has 0 saturated carbocycles. The standard InChI is InChI=1S/C18H16N2O4/c21-18-8-10-19(13-17(18)20(22)23)9-3-11-24-16-7-6-14-4-1-2-5-15(14)12-16/h1-2,4-8,10,12-13H,3,9,11H2. The van der Waals surface area contributed by atoms with Gasteiger partial charge in [-0.2, -0.15) is 0 Å². The Morgan fingerprint density at radius 1 is 1.08 bits per heavy atom. The van der Waals surface area contributed by atoms with Crippen molar-refractivity contribution in [1.82, 2.24) is 4.57 Å². The van der Waals surface area contributed by atoms with Crippen LogP contribution in [0.3, 0.4) is 0 Å². The van der Waals surface area contributed by atoms with Crippen molar-refractivity contribution in [2.75, 3.05) is 6.61 Å². The van der Waals surface area contributed by atoms with Gasteiger partial charge in [0.2, 0.25) is 0 Å². The number of hydrogen-bond donors (Lipinski definition) is 0. The van der Waals surface area contributed by atoms with E-state index >= 15 is 0 Å². The molecule has 6 nitrogen and oxygen atoms in total. The number of hydrogen-bond acceptors (Lipinski definition) is 4. The van der Waals surface area contributed by atoms with E-state index in [1.165, 1.54) is 12.3 Å². The predicted molar refractivity (Wildman–Crippen MR) is 91.4 cm³/mol. The van der Waals surface area contributed by atoms with Crippen LogP contribution in [-0.4, -0.2) is 16.1 Å². The van der Waals surface area contributed by atoms with Crippen LogP contribution in [0.1, 0.15) is 6.42 Å². The van der Waals surface area contributed by atoms with Crippen molar-refractivity contribution >= 4 is 16.5 Å². The average Bonchev–Trinajstić information content (AvgIpc) is 2.59. The lowest BCUT2D eigenvalue weighted by atomic mass is 10.1. The van der Waals surface area contributed by atoms with E-state index < -0.39 is 16.0 Å². The number of aromatic nitrogens is 1. The van der Waals surface area contributed by atoms with Crippen molar-refractivity contribution in [3.63, 3.8) is 0 Å². The van der Waals surface area contributed by atoms with Crippen molar-refractivity contribution < 1.29 is 9.66 Å². The Balaban J connectivity index is 1.57. The Labute approximate surface area is 138 Å². The summed E-state index contributed by atoms with van der Waals surface area (Å²) in [5.41, 5.74) is -0.989. The molecule has 3 aromatic rings. The summed E-state index contributed by atoms with van der Waals surface area (Å²) in [7, 11) is 0. The maximum absolute atomic E-state index is 11.4. The van der Waals surface area contributed by atoms with E-state index in [1.54, 1.807) is 10.8 Å². The van der Waals surface area contributed by atoms with Crippen molar-refractivity contribution in [1.29, 1.82) is 0 Å². The molecule has 0 unspecified atom stereocenters. The van der Waals surface area contributed by atoms with Gasteiger partial charge < -0.3 is 9.30 Å². The quantitative estimate of drug-likeness (QED) is 0.396. The molecule has 24 heavy (non-hydrogen) atoms. The third kappa shape index (κ3) is 3.60. The highest BCUT2D eigenvalue weighted by atomic mass is 16.6. The number of nitrogens with zero attached hydrogens (tertiary/aromatic N) is 2. The normalized spacial score (nSPS) is 10.7. The number of fused-ring (bicyclic) bond motifs is 1. The molecule has 0 spiro atoms. The van der Waals surface area contributed by atoms with E-state index in [-0.39, 0.29) is 0 Å². The molecule has 0 aliphatic carbocycles. The molecule has 2 aromatic carbocycles. The molecule has 0 N–H and O–H groups in total. The fraction of sp³-hybridized carbons (Fsp3) is 0.167. The summed E-state index contributed by atoms with van der Waals surface area (Å²) in [4.78, 5) is 21.5. The van der Waals surface area contributed by atoms with E-state index in [0.717, 1.165) is 16.5 Å². The molecule has 0 amide bonds. The minimum absolute atomic E-state index is 0.409. The molecule has 0 aliphatic heterocycles. The zero-order valence-electron chi connectivity index (χ0n) is 12.9. The van der Waals surface area contributed by atoms with E-state index in [1.807, 2.05) is 42.5 Å². The summed E-state index contributed by atoms with van der Waals surface area (Å²) < 4.78 is 7.36. The van der Waals surface area contributed by atoms with Crippen LogP contribution in [0.5, 0.6) is 5.75 Å². The van der Waals surface area contributed by atoms with Crippen molar-refractivity contribution in [2.24, 2.45) is 0 Å². The topological polar surface area (TPSA) is 74.4 Å². The van der Waals surface area contributed by atoms with Gasteiger partial charge in [0.25, 0.3) is 5.43 Å². The highest BCUT2D eigenvalue weighted by Gasteiger charge is 2.11. The molecular weight excluding hydrogens is 308 g/mol. The Hall–Kier alpha value is -3.15. The average molecular weight is 324 g/mol. The third-order valence-corrected chi connectivity index (χ3v) is 3.70. The smallest absolute Gasteiger partial charge is 0.332 e. The van der Waals surface area contributed by atoms with Crippen LogP contribution in [0.25, 0.3) is 10.8 Å². The molecular formula is C18H16N2O4. The van der Waals surface area contributed by atoms with Crippen molar-refractivity contribution in [3.8, 4) is 5.75 Å². The lowest BCUT2D eigenvalue weighted by molar-refractivity contribution is -0.386. The lowest BCUT2D eigenvalue weighted by Gasteiger charge is -2.09. The molecule has 1 aromatic heterocycles. The van der Waals surface area contributed by atoms with E-state index in [0.29, 0.717) is 19.6 Å². The molecule has 0 aliphatic rings. The van der Waals surface area contributed by atoms with Gasteiger partial charge in [-0.15, -0.1) is 0 Å². The first-order chi connectivity index (χ1) is 11.6. The first-order valence-corrected chi connectivity index (χ1v) is 7.59. The fourth-order valence-corrected chi connectivity index (χ4v) is 2.48. The SMILES string of the molecule is O=c1ccn(CCCOc2ccc3ccccc3c2)cc1[N+](=O)[O-]. The van der Waals surface area contributed by atoms with Crippen LogP contribution in [-0.2, 0) is 6.54 Å². The number of rotatable bonds is 6. The van der Waals surface area contributed by atoms with Gasteiger partial charge in [-0.05, 0) is 29.3 Å². The maximum atomic E-state index is 11.4. The van der Waals surface area contributed by atoms with Crippen LogP contribution >= 0.6 is 0 Å². The maximum Gasteiger partial charge on any atom is 0.332 e. The summed E-state index contributed by atoms with van der Waals surface area (Å²) in [5.74, 6) is 0.791. The van der Waals surface area contributed by atoms with Gasteiger partial charge in [0.1, 0.15) is 5.75 Å². The largest absolute Gasteiger partial charge is 0.494 e. The summed E-state index contributed by atoms with van der Waals surface area (Å²) in [5, 5.41) is 13.0. The first-order valence-electron chi connectivity index (χ1n) is 7.59. The highest BCUT2D eigenvalue weighted by Crippen LogP contribution is 2.20. The van der Waals surface area contributed by atoms with Gasteiger partial charge in [0.05, 0.1) is 17.7 Å². The minimum Gasteiger partial charge on any atom is -0.494 e. The van der Waals surface area contributed by atoms with Crippen LogP contribution in [0.15, 0.2) is 65.7 Å². The number of pyridine rings is 1. The molecule has 0 saturated heterocycles. The van der Waals surface area contributed by atoms with Gasteiger partial charge >= 0.3 is 5.69 Å². The monoisotopic (exact) mass is 324 g/mol. The summed E-state index contributed by atoms with van der Waals surface area (Å²) in [6.45, 7) is 1.02. The molecule has 0 radical (unpaired) electrons. The van der Waals surface area contributed by atoms with Gasteiger partial charge in [0, 0.05) is 18.8 Å². The summed E-state index contributed by atoms with van der Waals surface area (Å²) >= 11 is 0. The van der Waals surface area contributed by atoms with E-state index in [2.05, 4.69) is 0 Å². The van der Waals surface area contributed by atoms with Gasteiger partial charge in [-0.3, -0.25) is 14.9 Å².